The van der Waals surface area contributed by atoms with E-state index in [1.165, 1.54) is 63.5 Å². The summed E-state index contributed by atoms with van der Waals surface area (Å²) in [5.74, 6) is -0.325. The van der Waals surface area contributed by atoms with E-state index in [9.17, 15) is 9.59 Å². The van der Waals surface area contributed by atoms with Gasteiger partial charge >= 0.3 is 5.97 Å². The van der Waals surface area contributed by atoms with Gasteiger partial charge in [-0.15, -0.1) is 0 Å². The first-order valence-electron chi connectivity index (χ1n) is 9.88. The zero-order valence-corrected chi connectivity index (χ0v) is 16.0. The lowest BCUT2D eigenvalue weighted by Crippen LogP contribution is -2.08. The van der Waals surface area contributed by atoms with Gasteiger partial charge in [0.2, 0.25) is 5.56 Å². The number of aliphatic carboxylic acids is 1. The summed E-state index contributed by atoms with van der Waals surface area (Å²) in [6.07, 6.45) is 15.7. The molecule has 26 heavy (non-hydrogen) atoms. The lowest BCUT2D eigenvalue weighted by atomic mass is 10.1. The Kier molecular flexibility index (Phi) is 12.0. The molecular weight excluding hydrogens is 330 g/mol. The van der Waals surface area contributed by atoms with Crippen LogP contribution in [0.15, 0.2) is 23.0 Å². The van der Waals surface area contributed by atoms with Gasteiger partial charge in [0, 0.05) is 6.07 Å². The molecule has 0 amide bonds. The quantitative estimate of drug-likeness (QED) is 0.422. The van der Waals surface area contributed by atoms with Gasteiger partial charge < -0.3 is 14.8 Å². The first-order chi connectivity index (χ1) is 12.6. The van der Waals surface area contributed by atoms with Crippen molar-refractivity contribution in [1.82, 2.24) is 4.98 Å². The van der Waals surface area contributed by atoms with E-state index < -0.39 is 5.97 Å². The van der Waals surface area contributed by atoms with Crippen molar-refractivity contribution in [2.45, 2.75) is 77.6 Å². The fraction of sp³-hybridized carbons (Fsp3) is 0.619. The number of rotatable bonds is 15. The first kappa shape index (κ1) is 22.0. The van der Waals surface area contributed by atoms with Crippen molar-refractivity contribution in [1.29, 1.82) is 0 Å². The number of carbonyl (C=O) groups is 1. The van der Waals surface area contributed by atoms with Crippen LogP contribution in [0, 0.1) is 0 Å². The Bertz CT molecular complexity index is 592. The maximum absolute atomic E-state index is 11.4. The smallest absolute Gasteiger partial charge is 0.307 e. The average Bonchev–Trinajstić information content (AvgIpc) is 2.61. The molecule has 5 heteroatoms. The van der Waals surface area contributed by atoms with Crippen LogP contribution in [0.2, 0.25) is 0 Å². The fourth-order valence-electron chi connectivity index (χ4n) is 2.78. The molecule has 1 aromatic rings. The standard InChI is InChI=1S/C21H33NO4/c1-2-3-4-5-6-7-8-9-10-11-17-26-19-15-16-20(23)22-18(19)13-12-14-21(24)25/h12-13,15-16H,2-11,14,17H2,1H3,(H,22,23)(H,24,25). The van der Waals surface area contributed by atoms with E-state index in [1.807, 2.05) is 0 Å². The summed E-state index contributed by atoms with van der Waals surface area (Å²) in [5.41, 5.74) is 0.289. The minimum absolute atomic E-state index is 0.0885. The van der Waals surface area contributed by atoms with Gasteiger partial charge in [0.15, 0.2) is 0 Å². The van der Waals surface area contributed by atoms with E-state index in [-0.39, 0.29) is 12.0 Å². The Labute approximate surface area is 156 Å². The number of aromatic nitrogens is 1. The zero-order chi connectivity index (χ0) is 19.0. The van der Waals surface area contributed by atoms with Crippen molar-refractivity contribution < 1.29 is 14.6 Å². The molecule has 0 fully saturated rings. The van der Waals surface area contributed by atoms with Crippen LogP contribution in [-0.4, -0.2) is 22.7 Å². The number of hydrogen-bond acceptors (Lipinski definition) is 3. The van der Waals surface area contributed by atoms with E-state index in [4.69, 9.17) is 9.84 Å². The van der Waals surface area contributed by atoms with Crippen LogP contribution in [0.1, 0.15) is 83.2 Å². The fourth-order valence-corrected chi connectivity index (χ4v) is 2.78. The van der Waals surface area contributed by atoms with Gasteiger partial charge in [-0.2, -0.15) is 0 Å². The highest BCUT2D eigenvalue weighted by atomic mass is 16.5. The molecule has 0 aromatic carbocycles. The van der Waals surface area contributed by atoms with E-state index in [0.29, 0.717) is 18.1 Å². The van der Waals surface area contributed by atoms with Crippen LogP contribution < -0.4 is 10.3 Å². The third kappa shape index (κ3) is 10.7. The van der Waals surface area contributed by atoms with Gasteiger partial charge in [-0.05, 0) is 18.6 Å². The lowest BCUT2D eigenvalue weighted by Gasteiger charge is -2.09. The average molecular weight is 363 g/mol. The maximum Gasteiger partial charge on any atom is 0.307 e. The van der Waals surface area contributed by atoms with Crippen LogP contribution in [-0.2, 0) is 4.79 Å². The number of nitrogens with one attached hydrogen (secondary N) is 1. The van der Waals surface area contributed by atoms with Crippen molar-refractivity contribution in [3.63, 3.8) is 0 Å². The molecule has 0 saturated carbocycles. The molecule has 5 nitrogen and oxygen atoms in total. The largest absolute Gasteiger partial charge is 0.491 e. The number of aromatic amines is 1. The van der Waals surface area contributed by atoms with E-state index in [2.05, 4.69) is 11.9 Å². The maximum atomic E-state index is 11.4. The van der Waals surface area contributed by atoms with Gasteiger partial charge in [-0.3, -0.25) is 9.59 Å². The summed E-state index contributed by atoms with van der Waals surface area (Å²) < 4.78 is 5.75. The summed E-state index contributed by atoms with van der Waals surface area (Å²) in [7, 11) is 0. The van der Waals surface area contributed by atoms with Crippen molar-refractivity contribution in [2.75, 3.05) is 6.61 Å². The lowest BCUT2D eigenvalue weighted by molar-refractivity contribution is -0.135. The minimum Gasteiger partial charge on any atom is -0.491 e. The van der Waals surface area contributed by atoms with Crippen molar-refractivity contribution in [2.24, 2.45) is 0 Å². The molecule has 0 bridgehead atoms. The highest BCUT2D eigenvalue weighted by molar-refractivity contribution is 5.70. The molecule has 2 N–H and O–H groups in total. The first-order valence-corrected chi connectivity index (χ1v) is 9.88. The summed E-state index contributed by atoms with van der Waals surface area (Å²) in [4.78, 5) is 24.7. The topological polar surface area (TPSA) is 79.4 Å². The Morgan fingerprint density at radius 3 is 2.27 bits per heavy atom. The Hall–Kier alpha value is -2.04. The highest BCUT2D eigenvalue weighted by Crippen LogP contribution is 2.17. The van der Waals surface area contributed by atoms with Gasteiger partial charge in [0.25, 0.3) is 0 Å². The van der Waals surface area contributed by atoms with Crippen LogP contribution in [0.3, 0.4) is 0 Å². The molecule has 0 radical (unpaired) electrons. The van der Waals surface area contributed by atoms with Crippen LogP contribution in [0.25, 0.3) is 6.08 Å². The molecule has 146 valence electrons. The molecule has 0 spiro atoms. The zero-order valence-electron chi connectivity index (χ0n) is 16.0. The second-order valence-electron chi connectivity index (χ2n) is 6.63. The van der Waals surface area contributed by atoms with Crippen LogP contribution in [0.5, 0.6) is 5.75 Å². The van der Waals surface area contributed by atoms with Crippen molar-refractivity contribution in [3.8, 4) is 5.75 Å². The predicted octanol–water partition coefficient (Wildman–Crippen LogP) is 5.16. The highest BCUT2D eigenvalue weighted by Gasteiger charge is 2.02. The number of unbranched alkanes of at least 4 members (excludes halogenated alkanes) is 9. The van der Waals surface area contributed by atoms with Crippen LogP contribution >= 0.6 is 0 Å². The van der Waals surface area contributed by atoms with E-state index >= 15 is 0 Å². The van der Waals surface area contributed by atoms with E-state index in [1.54, 1.807) is 12.1 Å². The number of H-pyrrole nitrogens is 1. The van der Waals surface area contributed by atoms with Gasteiger partial charge in [-0.1, -0.05) is 70.8 Å². The van der Waals surface area contributed by atoms with Gasteiger partial charge in [-0.25, -0.2) is 0 Å². The third-order valence-corrected chi connectivity index (χ3v) is 4.24. The summed E-state index contributed by atoms with van der Waals surface area (Å²) >= 11 is 0. The second kappa shape index (κ2) is 14.2. The van der Waals surface area contributed by atoms with Crippen molar-refractivity contribution in [3.05, 3.63) is 34.3 Å². The number of carboxylic acid groups (broad SMARTS) is 1. The number of carboxylic acids is 1. The predicted molar refractivity (Wildman–Crippen MR) is 106 cm³/mol. The van der Waals surface area contributed by atoms with Gasteiger partial charge in [0.1, 0.15) is 5.75 Å². The molecule has 0 aliphatic carbocycles. The monoisotopic (exact) mass is 363 g/mol. The summed E-state index contributed by atoms with van der Waals surface area (Å²) in [5, 5.41) is 8.68. The molecule has 1 heterocycles. The molecule has 0 saturated heterocycles. The molecule has 0 unspecified atom stereocenters. The molecule has 0 aliphatic heterocycles. The van der Waals surface area contributed by atoms with Crippen molar-refractivity contribution >= 4 is 12.0 Å². The Morgan fingerprint density at radius 2 is 1.65 bits per heavy atom. The van der Waals surface area contributed by atoms with Gasteiger partial charge in [0.05, 0.1) is 18.7 Å². The summed E-state index contributed by atoms with van der Waals surface area (Å²) in [6.45, 7) is 2.84. The molecule has 0 atom stereocenters. The summed E-state index contributed by atoms with van der Waals surface area (Å²) in [6, 6.07) is 3.05. The SMILES string of the molecule is CCCCCCCCCCCCOc1ccc(=O)[nH]c1C=CCC(=O)O. The minimum atomic E-state index is -0.910. The molecular formula is C21H33NO4. The molecule has 1 aromatic heterocycles. The van der Waals surface area contributed by atoms with E-state index in [0.717, 1.165) is 12.8 Å². The number of hydrogen-bond donors (Lipinski definition) is 2. The Morgan fingerprint density at radius 1 is 1.04 bits per heavy atom. The second-order valence-corrected chi connectivity index (χ2v) is 6.63. The third-order valence-electron chi connectivity index (χ3n) is 4.24. The van der Waals surface area contributed by atoms with Crippen LogP contribution in [0.4, 0.5) is 0 Å². The normalized spacial score (nSPS) is 11.1. The number of pyridine rings is 1. The number of ether oxygens (including phenoxy) is 1. The molecule has 1 rings (SSSR count). The molecule has 0 aliphatic rings. The Balaban J connectivity index is 2.21.